The summed E-state index contributed by atoms with van der Waals surface area (Å²) in [6, 6.07) is -0.458. The number of hydrogen-bond acceptors (Lipinski definition) is 4. The van der Waals surface area contributed by atoms with E-state index in [2.05, 4.69) is 10.6 Å². The highest BCUT2D eigenvalue weighted by Gasteiger charge is 2.45. The highest BCUT2D eigenvalue weighted by molar-refractivity contribution is 6.06. The standard InChI is InChI=1S/C12H20N4O3/c1-15(2)12(19)14-6-5-13-9-7-10(17)16(11(9)18)8-3-4-8/h8-9,13H,3-7H2,1-2H3,(H,14,19). The first-order chi connectivity index (χ1) is 9.00. The molecule has 1 unspecified atom stereocenters. The van der Waals surface area contributed by atoms with Crippen molar-refractivity contribution in [3.05, 3.63) is 0 Å². The smallest absolute Gasteiger partial charge is 0.316 e. The van der Waals surface area contributed by atoms with Crippen molar-refractivity contribution in [3.63, 3.8) is 0 Å². The Bertz CT molecular complexity index is 392. The van der Waals surface area contributed by atoms with Gasteiger partial charge in [-0.2, -0.15) is 0 Å². The van der Waals surface area contributed by atoms with Crippen molar-refractivity contribution in [3.8, 4) is 0 Å². The lowest BCUT2D eigenvalue weighted by Gasteiger charge is -2.15. The zero-order chi connectivity index (χ0) is 14.0. The fourth-order valence-electron chi connectivity index (χ4n) is 2.10. The van der Waals surface area contributed by atoms with Crippen molar-refractivity contribution in [2.75, 3.05) is 27.2 Å². The molecule has 7 heteroatoms. The number of nitrogens with one attached hydrogen (secondary N) is 2. The van der Waals surface area contributed by atoms with Crippen LogP contribution in [0.1, 0.15) is 19.3 Å². The summed E-state index contributed by atoms with van der Waals surface area (Å²) >= 11 is 0. The summed E-state index contributed by atoms with van der Waals surface area (Å²) < 4.78 is 0. The third kappa shape index (κ3) is 3.23. The largest absolute Gasteiger partial charge is 0.337 e. The number of rotatable bonds is 5. The minimum atomic E-state index is -0.427. The minimum Gasteiger partial charge on any atom is -0.337 e. The molecule has 1 aliphatic carbocycles. The van der Waals surface area contributed by atoms with Gasteiger partial charge in [-0.1, -0.05) is 0 Å². The van der Waals surface area contributed by atoms with Gasteiger partial charge in [-0.3, -0.25) is 14.5 Å². The van der Waals surface area contributed by atoms with Gasteiger partial charge in [-0.05, 0) is 12.8 Å². The van der Waals surface area contributed by atoms with Crippen LogP contribution < -0.4 is 10.6 Å². The summed E-state index contributed by atoms with van der Waals surface area (Å²) in [6.45, 7) is 0.903. The summed E-state index contributed by atoms with van der Waals surface area (Å²) in [5, 5.41) is 5.72. The average molecular weight is 268 g/mol. The van der Waals surface area contributed by atoms with Crippen molar-refractivity contribution in [2.24, 2.45) is 0 Å². The third-order valence-electron chi connectivity index (χ3n) is 3.29. The SMILES string of the molecule is CN(C)C(=O)NCCNC1CC(=O)N(C2CC2)C1=O. The predicted octanol–water partition coefficient (Wildman–Crippen LogP) is -0.863. The van der Waals surface area contributed by atoms with E-state index in [9.17, 15) is 14.4 Å². The van der Waals surface area contributed by atoms with Gasteiger partial charge in [0.2, 0.25) is 11.8 Å². The average Bonchev–Trinajstić information content (AvgIpc) is 3.13. The quantitative estimate of drug-likeness (QED) is 0.502. The van der Waals surface area contributed by atoms with Crippen LogP contribution in [0.2, 0.25) is 0 Å². The molecule has 0 aromatic heterocycles. The summed E-state index contributed by atoms with van der Waals surface area (Å²) in [5.74, 6) is -0.200. The van der Waals surface area contributed by atoms with Gasteiger partial charge in [0.1, 0.15) is 0 Å². The molecule has 1 atom stereocenters. The van der Waals surface area contributed by atoms with E-state index in [1.807, 2.05) is 0 Å². The van der Waals surface area contributed by atoms with E-state index >= 15 is 0 Å². The Kier molecular flexibility index (Phi) is 4.04. The molecule has 106 valence electrons. The molecule has 0 radical (unpaired) electrons. The molecule has 0 aromatic rings. The number of carbonyl (C=O) groups is 3. The van der Waals surface area contributed by atoms with E-state index in [4.69, 9.17) is 0 Å². The number of hydrogen-bond donors (Lipinski definition) is 2. The highest BCUT2D eigenvalue weighted by atomic mass is 16.2. The van der Waals surface area contributed by atoms with Crippen molar-refractivity contribution < 1.29 is 14.4 Å². The van der Waals surface area contributed by atoms with Crippen molar-refractivity contribution in [1.82, 2.24) is 20.4 Å². The maximum absolute atomic E-state index is 12.0. The second-order valence-electron chi connectivity index (χ2n) is 5.17. The molecule has 0 spiro atoms. The number of amides is 4. The molecule has 19 heavy (non-hydrogen) atoms. The van der Waals surface area contributed by atoms with Crippen LogP contribution in [0.25, 0.3) is 0 Å². The molecule has 1 saturated heterocycles. The fraction of sp³-hybridized carbons (Fsp3) is 0.750. The number of imide groups is 1. The fourth-order valence-corrected chi connectivity index (χ4v) is 2.10. The Morgan fingerprint density at radius 1 is 1.32 bits per heavy atom. The van der Waals surface area contributed by atoms with Crippen LogP contribution in [0.4, 0.5) is 4.79 Å². The van der Waals surface area contributed by atoms with Gasteiger partial charge in [0, 0.05) is 33.2 Å². The number of likely N-dealkylation sites (tertiary alicyclic amines) is 1. The summed E-state index contributed by atoms with van der Waals surface area (Å²) in [4.78, 5) is 37.8. The molecule has 2 N–H and O–H groups in total. The zero-order valence-electron chi connectivity index (χ0n) is 11.3. The van der Waals surface area contributed by atoms with E-state index in [1.54, 1.807) is 14.1 Å². The number of urea groups is 1. The van der Waals surface area contributed by atoms with Gasteiger partial charge in [0.05, 0.1) is 12.5 Å². The summed E-state index contributed by atoms with van der Waals surface area (Å²) in [5.41, 5.74) is 0. The van der Waals surface area contributed by atoms with E-state index in [0.717, 1.165) is 12.8 Å². The summed E-state index contributed by atoms with van der Waals surface area (Å²) in [7, 11) is 3.32. The van der Waals surface area contributed by atoms with Crippen LogP contribution in [-0.4, -0.2) is 66.9 Å². The van der Waals surface area contributed by atoms with Gasteiger partial charge in [-0.25, -0.2) is 4.79 Å². The molecular weight excluding hydrogens is 248 g/mol. The Labute approximate surface area is 112 Å². The van der Waals surface area contributed by atoms with Crippen LogP contribution in [0.15, 0.2) is 0 Å². The first-order valence-electron chi connectivity index (χ1n) is 6.55. The molecule has 1 aliphatic heterocycles. The van der Waals surface area contributed by atoms with Crippen LogP contribution in [0.5, 0.6) is 0 Å². The Balaban J connectivity index is 1.71. The van der Waals surface area contributed by atoms with Crippen LogP contribution in [0.3, 0.4) is 0 Å². The van der Waals surface area contributed by atoms with E-state index in [-0.39, 0.29) is 30.3 Å². The normalized spacial score (nSPS) is 22.8. The second-order valence-corrected chi connectivity index (χ2v) is 5.17. The highest BCUT2D eigenvalue weighted by Crippen LogP contribution is 2.31. The van der Waals surface area contributed by atoms with Crippen molar-refractivity contribution in [2.45, 2.75) is 31.3 Å². The molecule has 2 fully saturated rings. The number of carbonyl (C=O) groups excluding carboxylic acids is 3. The Morgan fingerprint density at radius 3 is 2.58 bits per heavy atom. The molecule has 1 saturated carbocycles. The lowest BCUT2D eigenvalue weighted by molar-refractivity contribution is -0.139. The van der Waals surface area contributed by atoms with Gasteiger partial charge in [-0.15, -0.1) is 0 Å². The molecule has 1 heterocycles. The molecule has 0 aromatic carbocycles. The first kappa shape index (κ1) is 13.8. The van der Waals surface area contributed by atoms with Gasteiger partial charge >= 0.3 is 6.03 Å². The van der Waals surface area contributed by atoms with Crippen LogP contribution in [-0.2, 0) is 9.59 Å². The molecule has 2 rings (SSSR count). The maximum atomic E-state index is 12.0. The predicted molar refractivity (Wildman–Crippen MR) is 68.4 cm³/mol. The van der Waals surface area contributed by atoms with Gasteiger partial charge in [0.15, 0.2) is 0 Å². The lowest BCUT2D eigenvalue weighted by Crippen LogP contribution is -2.44. The molecule has 7 nitrogen and oxygen atoms in total. The molecule has 4 amide bonds. The van der Waals surface area contributed by atoms with Crippen molar-refractivity contribution >= 4 is 17.8 Å². The first-order valence-corrected chi connectivity index (χ1v) is 6.55. The maximum Gasteiger partial charge on any atom is 0.316 e. The lowest BCUT2D eigenvalue weighted by atomic mass is 10.2. The zero-order valence-corrected chi connectivity index (χ0v) is 11.3. The third-order valence-corrected chi connectivity index (χ3v) is 3.29. The summed E-state index contributed by atoms with van der Waals surface area (Å²) in [6.07, 6.45) is 2.10. The molecular formula is C12H20N4O3. The monoisotopic (exact) mass is 268 g/mol. The topological polar surface area (TPSA) is 81.8 Å². The number of nitrogens with zero attached hydrogens (tertiary/aromatic N) is 2. The van der Waals surface area contributed by atoms with E-state index in [0.29, 0.717) is 13.1 Å². The minimum absolute atomic E-state index is 0.0812. The van der Waals surface area contributed by atoms with Gasteiger partial charge < -0.3 is 15.5 Å². The van der Waals surface area contributed by atoms with E-state index < -0.39 is 6.04 Å². The second kappa shape index (κ2) is 5.56. The van der Waals surface area contributed by atoms with E-state index in [1.165, 1.54) is 9.80 Å². The molecule has 0 bridgehead atoms. The Morgan fingerprint density at radius 2 is 2.00 bits per heavy atom. The van der Waals surface area contributed by atoms with Crippen molar-refractivity contribution in [1.29, 1.82) is 0 Å². The van der Waals surface area contributed by atoms with Crippen LogP contribution in [0, 0.1) is 0 Å². The Hall–Kier alpha value is -1.63. The molecule has 2 aliphatic rings. The van der Waals surface area contributed by atoms with Gasteiger partial charge in [0.25, 0.3) is 0 Å². The van der Waals surface area contributed by atoms with Crippen LogP contribution >= 0.6 is 0 Å².